The molecule has 0 saturated carbocycles. The molecule has 1 amide bonds. The summed E-state index contributed by atoms with van der Waals surface area (Å²) in [6.45, 7) is 6.73. The molecular weight excluding hydrogens is 330 g/mol. The maximum absolute atomic E-state index is 12.9. The Kier molecular flexibility index (Phi) is 4.42. The number of H-pyrrole nitrogens is 1. The van der Waals surface area contributed by atoms with Crippen LogP contribution in [0.4, 0.5) is 0 Å². The lowest BCUT2D eigenvalue weighted by Gasteiger charge is -2.22. The van der Waals surface area contributed by atoms with Gasteiger partial charge in [-0.25, -0.2) is 0 Å². The van der Waals surface area contributed by atoms with Crippen molar-refractivity contribution in [2.75, 3.05) is 13.1 Å². The van der Waals surface area contributed by atoms with Crippen LogP contribution in [0.1, 0.15) is 42.0 Å². The highest BCUT2D eigenvalue weighted by molar-refractivity contribution is 6.04. The van der Waals surface area contributed by atoms with Crippen LogP contribution in [0.3, 0.4) is 0 Å². The van der Waals surface area contributed by atoms with Gasteiger partial charge in [-0.05, 0) is 12.0 Å². The van der Waals surface area contributed by atoms with Crippen LogP contribution in [-0.4, -0.2) is 44.0 Å². The van der Waals surface area contributed by atoms with Gasteiger partial charge < -0.3 is 15.2 Å². The zero-order valence-corrected chi connectivity index (χ0v) is 15.0. The lowest BCUT2D eigenvalue weighted by molar-refractivity contribution is 0.0918. The molecular formula is C18H23N7O. The van der Waals surface area contributed by atoms with Crippen LogP contribution >= 0.6 is 0 Å². The van der Waals surface area contributed by atoms with E-state index in [1.807, 2.05) is 24.3 Å². The first-order valence-corrected chi connectivity index (χ1v) is 9.02. The number of hydrogen-bond donors (Lipinski definition) is 3. The minimum Gasteiger partial charge on any atom is -0.340 e. The number of carbonyl (C=O) groups excluding carboxylic acids is 1. The average molecular weight is 353 g/mol. The second-order valence-corrected chi connectivity index (χ2v) is 6.94. The second kappa shape index (κ2) is 6.87. The smallest absolute Gasteiger partial charge is 0.273 e. The number of para-hydroxylation sites is 1. The van der Waals surface area contributed by atoms with Crippen LogP contribution in [0.5, 0.6) is 0 Å². The van der Waals surface area contributed by atoms with Crippen molar-refractivity contribution >= 4 is 16.8 Å². The summed E-state index contributed by atoms with van der Waals surface area (Å²) in [5.74, 6) is 1.75. The lowest BCUT2D eigenvalue weighted by Crippen LogP contribution is -2.34. The third kappa shape index (κ3) is 2.96. The van der Waals surface area contributed by atoms with Gasteiger partial charge in [0.25, 0.3) is 5.91 Å². The summed E-state index contributed by atoms with van der Waals surface area (Å²) in [6.07, 6.45) is 0.843. The van der Waals surface area contributed by atoms with E-state index in [1.165, 1.54) is 0 Å². The molecule has 1 aliphatic heterocycles. The summed E-state index contributed by atoms with van der Waals surface area (Å²) in [7, 11) is 0. The van der Waals surface area contributed by atoms with E-state index in [0.717, 1.165) is 48.6 Å². The van der Waals surface area contributed by atoms with Crippen molar-refractivity contribution in [3.05, 3.63) is 41.6 Å². The van der Waals surface area contributed by atoms with Crippen LogP contribution in [0.25, 0.3) is 10.9 Å². The Bertz CT molecular complexity index is 927. The number of nitrogens with zero attached hydrogens (tertiary/aromatic N) is 4. The van der Waals surface area contributed by atoms with Gasteiger partial charge in [0.2, 0.25) is 0 Å². The van der Waals surface area contributed by atoms with Crippen molar-refractivity contribution in [1.29, 1.82) is 0 Å². The number of fused-ring (bicyclic) bond motifs is 2. The van der Waals surface area contributed by atoms with Crippen LogP contribution in [0.2, 0.25) is 0 Å². The highest BCUT2D eigenvalue weighted by Crippen LogP contribution is 2.23. The van der Waals surface area contributed by atoms with Crippen molar-refractivity contribution in [3.63, 3.8) is 0 Å². The first kappa shape index (κ1) is 16.7. The van der Waals surface area contributed by atoms with E-state index in [9.17, 15) is 4.79 Å². The van der Waals surface area contributed by atoms with Crippen molar-refractivity contribution < 1.29 is 4.79 Å². The van der Waals surface area contributed by atoms with E-state index in [4.69, 9.17) is 0 Å². The third-order valence-corrected chi connectivity index (χ3v) is 4.81. The number of carbonyl (C=O) groups is 1. The SMILES string of the molecule is CC(C)[C@@H](NC(=O)c1n[nH]c2ccccc12)c1nnc2n1CCNCC2. The molecule has 8 nitrogen and oxygen atoms in total. The fourth-order valence-electron chi connectivity index (χ4n) is 3.40. The highest BCUT2D eigenvalue weighted by atomic mass is 16.2. The van der Waals surface area contributed by atoms with Gasteiger partial charge in [0.1, 0.15) is 5.82 Å². The summed E-state index contributed by atoms with van der Waals surface area (Å²) in [4.78, 5) is 12.9. The van der Waals surface area contributed by atoms with Crippen molar-refractivity contribution in [3.8, 4) is 0 Å². The molecule has 0 bridgehead atoms. The lowest BCUT2D eigenvalue weighted by atomic mass is 10.0. The van der Waals surface area contributed by atoms with E-state index in [1.54, 1.807) is 0 Å². The molecule has 1 atom stereocenters. The number of aromatic nitrogens is 5. The third-order valence-electron chi connectivity index (χ3n) is 4.81. The normalized spacial score (nSPS) is 15.7. The molecule has 0 fully saturated rings. The quantitative estimate of drug-likeness (QED) is 0.659. The molecule has 136 valence electrons. The molecule has 3 heterocycles. The van der Waals surface area contributed by atoms with E-state index in [-0.39, 0.29) is 17.9 Å². The molecule has 3 N–H and O–H groups in total. The van der Waals surface area contributed by atoms with Crippen LogP contribution < -0.4 is 10.6 Å². The van der Waals surface area contributed by atoms with Crippen LogP contribution in [-0.2, 0) is 13.0 Å². The van der Waals surface area contributed by atoms with Gasteiger partial charge >= 0.3 is 0 Å². The van der Waals surface area contributed by atoms with E-state index >= 15 is 0 Å². The first-order valence-electron chi connectivity index (χ1n) is 9.02. The summed E-state index contributed by atoms with van der Waals surface area (Å²) in [5.41, 5.74) is 1.25. The predicted octanol–water partition coefficient (Wildman–Crippen LogP) is 1.43. The Labute approximate surface area is 151 Å². The Balaban J connectivity index is 1.64. The molecule has 0 radical (unpaired) electrons. The van der Waals surface area contributed by atoms with Gasteiger partial charge in [0, 0.05) is 31.4 Å². The number of rotatable bonds is 4. The van der Waals surface area contributed by atoms with Crippen molar-refractivity contribution in [1.82, 2.24) is 35.6 Å². The summed E-state index contributed by atoms with van der Waals surface area (Å²) in [5, 5.41) is 23.2. The molecule has 3 aromatic rings. The standard InChI is InChI=1S/C18H23N7O/c1-11(2)15(17-24-22-14-7-8-19-9-10-25(14)17)20-18(26)16-12-5-3-4-6-13(12)21-23-16/h3-6,11,15,19H,7-10H2,1-2H3,(H,20,26)(H,21,23)/t15-/m1/s1. The molecule has 8 heteroatoms. The van der Waals surface area contributed by atoms with Crippen LogP contribution in [0, 0.1) is 5.92 Å². The summed E-state index contributed by atoms with van der Waals surface area (Å²) < 4.78 is 2.13. The maximum atomic E-state index is 12.9. The Morgan fingerprint density at radius 1 is 1.23 bits per heavy atom. The minimum absolute atomic E-state index is 0.175. The molecule has 2 aromatic heterocycles. The van der Waals surface area contributed by atoms with Gasteiger partial charge in [0.15, 0.2) is 11.5 Å². The molecule has 0 spiro atoms. The largest absolute Gasteiger partial charge is 0.340 e. The second-order valence-electron chi connectivity index (χ2n) is 6.94. The molecule has 26 heavy (non-hydrogen) atoms. The molecule has 0 saturated heterocycles. The summed E-state index contributed by atoms with van der Waals surface area (Å²) >= 11 is 0. The number of nitrogens with one attached hydrogen (secondary N) is 3. The van der Waals surface area contributed by atoms with Gasteiger partial charge in [0.05, 0.1) is 11.6 Å². The number of aromatic amines is 1. The minimum atomic E-state index is -0.225. The molecule has 1 aliphatic rings. The predicted molar refractivity (Wildman–Crippen MR) is 97.7 cm³/mol. The number of benzene rings is 1. The van der Waals surface area contributed by atoms with E-state index in [0.29, 0.717) is 5.69 Å². The maximum Gasteiger partial charge on any atom is 0.273 e. The van der Waals surface area contributed by atoms with Crippen LogP contribution in [0.15, 0.2) is 24.3 Å². The van der Waals surface area contributed by atoms with Gasteiger partial charge in [-0.2, -0.15) is 5.10 Å². The monoisotopic (exact) mass is 353 g/mol. The fraction of sp³-hybridized carbons (Fsp3) is 0.444. The van der Waals surface area contributed by atoms with E-state index in [2.05, 4.69) is 49.4 Å². The molecule has 4 rings (SSSR count). The molecule has 0 aliphatic carbocycles. The Hall–Kier alpha value is -2.74. The zero-order valence-electron chi connectivity index (χ0n) is 15.0. The Morgan fingerprint density at radius 2 is 2.08 bits per heavy atom. The first-order chi connectivity index (χ1) is 12.6. The van der Waals surface area contributed by atoms with Gasteiger partial charge in [-0.1, -0.05) is 32.0 Å². The van der Waals surface area contributed by atoms with Gasteiger partial charge in [-0.3, -0.25) is 9.89 Å². The number of hydrogen-bond acceptors (Lipinski definition) is 5. The highest BCUT2D eigenvalue weighted by Gasteiger charge is 2.27. The van der Waals surface area contributed by atoms with Crippen molar-refractivity contribution in [2.24, 2.45) is 5.92 Å². The summed E-state index contributed by atoms with van der Waals surface area (Å²) in [6, 6.07) is 7.40. The number of amides is 1. The van der Waals surface area contributed by atoms with Gasteiger partial charge in [-0.15, -0.1) is 10.2 Å². The zero-order chi connectivity index (χ0) is 18.1. The average Bonchev–Trinajstić information content (AvgIpc) is 3.16. The van der Waals surface area contributed by atoms with Crippen molar-refractivity contribution in [2.45, 2.75) is 32.9 Å². The Morgan fingerprint density at radius 3 is 2.92 bits per heavy atom. The molecule has 1 aromatic carbocycles. The topological polar surface area (TPSA) is 101 Å². The van der Waals surface area contributed by atoms with E-state index < -0.39 is 0 Å². The molecule has 0 unspecified atom stereocenters. The fourth-order valence-corrected chi connectivity index (χ4v) is 3.40.